The SMILES string of the molecule is O=C(C1CCCN1C(=O)OCc1ccccc1)N(c1ccccc1)c1cccs1. The van der Waals surface area contributed by atoms with Gasteiger partial charge in [0.15, 0.2) is 0 Å². The molecular weight excluding hydrogens is 384 g/mol. The maximum atomic E-state index is 13.5. The van der Waals surface area contributed by atoms with E-state index in [1.165, 1.54) is 11.3 Å². The first kappa shape index (κ1) is 19.2. The largest absolute Gasteiger partial charge is 0.445 e. The summed E-state index contributed by atoms with van der Waals surface area (Å²) in [6.07, 6.45) is 0.974. The molecule has 3 aromatic rings. The number of anilines is 2. The van der Waals surface area contributed by atoms with E-state index in [4.69, 9.17) is 4.74 Å². The Labute approximate surface area is 174 Å². The molecule has 2 amide bonds. The normalized spacial score (nSPS) is 15.9. The first-order valence-electron chi connectivity index (χ1n) is 9.64. The first-order chi connectivity index (χ1) is 14.2. The van der Waals surface area contributed by atoms with Crippen LogP contribution in [-0.4, -0.2) is 29.5 Å². The standard InChI is InChI=1S/C23H22N2O3S/c26-22(25(21-14-8-16-29-21)19-11-5-2-6-12-19)20-13-7-15-24(20)23(27)28-17-18-9-3-1-4-10-18/h1-6,8-12,14,16,20H,7,13,15,17H2. The molecule has 0 radical (unpaired) electrons. The fourth-order valence-corrected chi connectivity index (χ4v) is 4.28. The van der Waals surface area contributed by atoms with Crippen LogP contribution < -0.4 is 4.90 Å². The van der Waals surface area contributed by atoms with E-state index in [2.05, 4.69) is 0 Å². The van der Waals surface area contributed by atoms with Crippen molar-refractivity contribution in [2.75, 3.05) is 11.4 Å². The predicted molar refractivity (Wildman–Crippen MR) is 114 cm³/mol. The van der Waals surface area contributed by atoms with Crippen molar-refractivity contribution in [1.29, 1.82) is 0 Å². The van der Waals surface area contributed by atoms with Gasteiger partial charge in [-0.25, -0.2) is 4.79 Å². The minimum Gasteiger partial charge on any atom is -0.445 e. The number of carbonyl (C=O) groups excluding carboxylic acids is 2. The topological polar surface area (TPSA) is 49.9 Å². The zero-order chi connectivity index (χ0) is 20.1. The highest BCUT2D eigenvalue weighted by atomic mass is 32.1. The molecular formula is C23H22N2O3S. The second-order valence-corrected chi connectivity index (χ2v) is 7.78. The Morgan fingerprint density at radius 3 is 2.41 bits per heavy atom. The number of ether oxygens (including phenoxy) is 1. The first-order valence-corrected chi connectivity index (χ1v) is 10.5. The van der Waals surface area contributed by atoms with Crippen molar-refractivity contribution in [3.63, 3.8) is 0 Å². The molecule has 148 valence electrons. The molecule has 29 heavy (non-hydrogen) atoms. The van der Waals surface area contributed by atoms with Crippen LogP contribution in [0.5, 0.6) is 0 Å². The average molecular weight is 407 g/mol. The van der Waals surface area contributed by atoms with Crippen molar-refractivity contribution in [3.05, 3.63) is 83.7 Å². The quantitative estimate of drug-likeness (QED) is 0.584. The van der Waals surface area contributed by atoms with Crippen molar-refractivity contribution >= 4 is 34.0 Å². The lowest BCUT2D eigenvalue weighted by molar-refractivity contribution is -0.121. The summed E-state index contributed by atoms with van der Waals surface area (Å²) in [7, 11) is 0. The second-order valence-electron chi connectivity index (χ2n) is 6.85. The van der Waals surface area contributed by atoms with Crippen LogP contribution in [0.3, 0.4) is 0 Å². The minimum absolute atomic E-state index is 0.104. The van der Waals surface area contributed by atoms with Gasteiger partial charge >= 0.3 is 6.09 Å². The maximum Gasteiger partial charge on any atom is 0.410 e. The smallest absolute Gasteiger partial charge is 0.410 e. The molecule has 1 atom stereocenters. The van der Waals surface area contributed by atoms with E-state index in [0.29, 0.717) is 13.0 Å². The number of hydrogen-bond donors (Lipinski definition) is 0. The van der Waals surface area contributed by atoms with E-state index >= 15 is 0 Å². The number of likely N-dealkylation sites (tertiary alicyclic amines) is 1. The lowest BCUT2D eigenvalue weighted by Crippen LogP contribution is -2.46. The maximum absolute atomic E-state index is 13.5. The molecule has 0 N–H and O–H groups in total. The third-order valence-electron chi connectivity index (χ3n) is 4.94. The summed E-state index contributed by atoms with van der Waals surface area (Å²) in [6, 6.07) is 22.4. The fourth-order valence-electron chi connectivity index (χ4n) is 3.53. The van der Waals surface area contributed by atoms with Gasteiger partial charge in [0.2, 0.25) is 0 Å². The molecule has 0 bridgehead atoms. The number of para-hydroxylation sites is 1. The van der Waals surface area contributed by atoms with Crippen LogP contribution in [0.2, 0.25) is 0 Å². The van der Waals surface area contributed by atoms with Crippen LogP contribution in [0, 0.1) is 0 Å². The molecule has 1 aliphatic heterocycles. The van der Waals surface area contributed by atoms with Crippen molar-refractivity contribution in [2.45, 2.75) is 25.5 Å². The Morgan fingerprint density at radius 2 is 1.72 bits per heavy atom. The zero-order valence-corrected chi connectivity index (χ0v) is 16.8. The molecule has 1 fully saturated rings. The summed E-state index contributed by atoms with van der Waals surface area (Å²) in [4.78, 5) is 29.5. The Balaban J connectivity index is 1.52. The molecule has 1 saturated heterocycles. The molecule has 4 rings (SSSR count). The number of thiophene rings is 1. The van der Waals surface area contributed by atoms with Gasteiger partial charge in [-0.05, 0) is 48.1 Å². The van der Waals surface area contributed by atoms with E-state index in [1.807, 2.05) is 78.2 Å². The molecule has 1 aliphatic rings. The molecule has 5 nitrogen and oxygen atoms in total. The van der Waals surface area contributed by atoms with Gasteiger partial charge in [0.25, 0.3) is 5.91 Å². The van der Waals surface area contributed by atoms with E-state index in [0.717, 1.165) is 22.7 Å². The van der Waals surface area contributed by atoms with Crippen molar-refractivity contribution in [3.8, 4) is 0 Å². The third kappa shape index (κ3) is 4.32. The molecule has 1 unspecified atom stereocenters. The van der Waals surface area contributed by atoms with E-state index in [-0.39, 0.29) is 12.5 Å². The van der Waals surface area contributed by atoms with Crippen LogP contribution >= 0.6 is 11.3 Å². The molecule has 2 aromatic carbocycles. The van der Waals surface area contributed by atoms with Crippen molar-refractivity contribution < 1.29 is 14.3 Å². The Hall–Kier alpha value is -3.12. The third-order valence-corrected chi connectivity index (χ3v) is 5.79. The van der Waals surface area contributed by atoms with Gasteiger partial charge in [-0.2, -0.15) is 0 Å². The number of hydrogen-bond acceptors (Lipinski definition) is 4. The van der Waals surface area contributed by atoms with Gasteiger partial charge in [0, 0.05) is 12.2 Å². The van der Waals surface area contributed by atoms with Crippen molar-refractivity contribution in [1.82, 2.24) is 4.90 Å². The number of amides is 2. The molecule has 0 spiro atoms. The highest BCUT2D eigenvalue weighted by Crippen LogP contribution is 2.33. The monoisotopic (exact) mass is 406 g/mol. The summed E-state index contributed by atoms with van der Waals surface area (Å²) in [5.74, 6) is -0.104. The highest BCUT2D eigenvalue weighted by molar-refractivity contribution is 7.14. The lowest BCUT2D eigenvalue weighted by atomic mass is 10.1. The van der Waals surface area contributed by atoms with Crippen LogP contribution in [-0.2, 0) is 16.1 Å². The fraction of sp³-hybridized carbons (Fsp3) is 0.217. The van der Waals surface area contributed by atoms with E-state index in [1.54, 1.807) is 9.80 Å². The van der Waals surface area contributed by atoms with Gasteiger partial charge in [-0.15, -0.1) is 11.3 Å². The predicted octanol–water partition coefficient (Wildman–Crippen LogP) is 5.21. The summed E-state index contributed by atoms with van der Waals surface area (Å²) < 4.78 is 5.49. The molecule has 0 saturated carbocycles. The Morgan fingerprint density at radius 1 is 1.00 bits per heavy atom. The summed E-state index contributed by atoms with van der Waals surface area (Å²) >= 11 is 1.50. The zero-order valence-electron chi connectivity index (χ0n) is 15.9. The summed E-state index contributed by atoms with van der Waals surface area (Å²) in [6.45, 7) is 0.724. The number of benzene rings is 2. The van der Waals surface area contributed by atoms with E-state index < -0.39 is 12.1 Å². The second kappa shape index (κ2) is 8.92. The van der Waals surface area contributed by atoms with E-state index in [9.17, 15) is 9.59 Å². The summed E-state index contributed by atoms with van der Waals surface area (Å²) in [5.41, 5.74) is 1.72. The number of rotatable bonds is 5. The Bertz CT molecular complexity index is 945. The minimum atomic E-state index is -0.527. The van der Waals surface area contributed by atoms with Crippen LogP contribution in [0.4, 0.5) is 15.5 Å². The van der Waals surface area contributed by atoms with Crippen molar-refractivity contribution in [2.24, 2.45) is 0 Å². The average Bonchev–Trinajstić information content (AvgIpc) is 3.46. The number of carbonyl (C=O) groups is 2. The molecule has 6 heteroatoms. The highest BCUT2D eigenvalue weighted by Gasteiger charge is 2.38. The van der Waals surface area contributed by atoms with Gasteiger partial charge in [-0.3, -0.25) is 14.6 Å². The lowest BCUT2D eigenvalue weighted by Gasteiger charge is -2.29. The van der Waals surface area contributed by atoms with Gasteiger partial charge in [0.1, 0.15) is 17.6 Å². The van der Waals surface area contributed by atoms with Crippen LogP contribution in [0.1, 0.15) is 18.4 Å². The van der Waals surface area contributed by atoms with Gasteiger partial charge < -0.3 is 4.74 Å². The van der Waals surface area contributed by atoms with Gasteiger partial charge in [0.05, 0.1) is 0 Å². The molecule has 1 aromatic heterocycles. The van der Waals surface area contributed by atoms with Crippen LogP contribution in [0.25, 0.3) is 0 Å². The van der Waals surface area contributed by atoms with Crippen LogP contribution in [0.15, 0.2) is 78.2 Å². The van der Waals surface area contributed by atoms with Gasteiger partial charge in [-0.1, -0.05) is 48.5 Å². The molecule has 0 aliphatic carbocycles. The Kier molecular flexibility index (Phi) is 5.91. The summed E-state index contributed by atoms with van der Waals surface area (Å²) in [5, 5.41) is 2.78. The molecule has 2 heterocycles. The number of nitrogens with zero attached hydrogens (tertiary/aromatic N) is 2.